The molecule has 84 valence electrons. The van der Waals surface area contributed by atoms with Crippen molar-refractivity contribution in [3.63, 3.8) is 0 Å². The van der Waals surface area contributed by atoms with E-state index in [0.29, 0.717) is 6.04 Å². The second kappa shape index (κ2) is 6.41. The molecule has 14 heavy (non-hydrogen) atoms. The maximum atomic E-state index is 5.41. The molecule has 2 heteroatoms. The number of hydrogen-bond donors (Lipinski definition) is 1. The van der Waals surface area contributed by atoms with Crippen LogP contribution in [0, 0.1) is 11.8 Å². The zero-order valence-corrected chi connectivity index (χ0v) is 9.88. The maximum absolute atomic E-state index is 5.41. The van der Waals surface area contributed by atoms with E-state index < -0.39 is 0 Å². The zero-order chi connectivity index (χ0) is 10.4. The van der Waals surface area contributed by atoms with E-state index in [-0.39, 0.29) is 0 Å². The lowest BCUT2D eigenvalue weighted by atomic mass is 9.89. The van der Waals surface area contributed by atoms with Crippen LogP contribution in [0.2, 0.25) is 0 Å². The summed E-state index contributed by atoms with van der Waals surface area (Å²) in [6.45, 7) is 6.59. The molecule has 0 aromatic heterocycles. The van der Waals surface area contributed by atoms with E-state index in [1.54, 1.807) is 0 Å². The Balaban J connectivity index is 2.29. The standard InChI is InChI=1S/C12H25NO/c1-4-5-10(2)12(13-3)8-11-6-7-14-9-11/h10-13H,4-9H2,1-3H3. The summed E-state index contributed by atoms with van der Waals surface area (Å²) in [5, 5.41) is 3.46. The smallest absolute Gasteiger partial charge is 0.0495 e. The molecule has 0 bridgehead atoms. The minimum absolute atomic E-state index is 0.682. The number of ether oxygens (including phenoxy) is 1. The van der Waals surface area contributed by atoms with Crippen molar-refractivity contribution in [2.75, 3.05) is 20.3 Å². The summed E-state index contributed by atoms with van der Waals surface area (Å²) in [6.07, 6.45) is 5.17. The van der Waals surface area contributed by atoms with Gasteiger partial charge in [-0.05, 0) is 38.1 Å². The molecule has 0 spiro atoms. The van der Waals surface area contributed by atoms with Crippen LogP contribution in [0.5, 0.6) is 0 Å². The molecule has 0 radical (unpaired) electrons. The molecule has 1 saturated heterocycles. The Labute approximate surface area is 88.4 Å². The number of rotatable bonds is 6. The van der Waals surface area contributed by atoms with Crippen molar-refractivity contribution in [2.24, 2.45) is 11.8 Å². The summed E-state index contributed by atoms with van der Waals surface area (Å²) in [7, 11) is 2.09. The van der Waals surface area contributed by atoms with Gasteiger partial charge in [-0.1, -0.05) is 20.3 Å². The minimum atomic E-state index is 0.682. The maximum Gasteiger partial charge on any atom is 0.0495 e. The van der Waals surface area contributed by atoms with Gasteiger partial charge in [-0.3, -0.25) is 0 Å². The lowest BCUT2D eigenvalue weighted by molar-refractivity contribution is 0.178. The first-order chi connectivity index (χ1) is 6.77. The lowest BCUT2D eigenvalue weighted by Crippen LogP contribution is -2.34. The monoisotopic (exact) mass is 199 g/mol. The van der Waals surface area contributed by atoms with Crippen molar-refractivity contribution in [1.29, 1.82) is 0 Å². The summed E-state index contributed by atoms with van der Waals surface area (Å²) in [6, 6.07) is 0.682. The summed E-state index contributed by atoms with van der Waals surface area (Å²) in [4.78, 5) is 0. The van der Waals surface area contributed by atoms with Gasteiger partial charge < -0.3 is 10.1 Å². The first kappa shape index (κ1) is 12.0. The normalized spacial score (nSPS) is 26.4. The van der Waals surface area contributed by atoms with Gasteiger partial charge in [0.05, 0.1) is 0 Å². The molecule has 1 aliphatic rings. The third-order valence-electron chi connectivity index (χ3n) is 3.41. The average molecular weight is 199 g/mol. The molecule has 1 heterocycles. The van der Waals surface area contributed by atoms with E-state index in [1.165, 1.54) is 25.7 Å². The molecule has 2 nitrogen and oxygen atoms in total. The van der Waals surface area contributed by atoms with Crippen molar-refractivity contribution >= 4 is 0 Å². The van der Waals surface area contributed by atoms with E-state index >= 15 is 0 Å². The molecule has 1 fully saturated rings. The Morgan fingerprint density at radius 3 is 2.79 bits per heavy atom. The highest BCUT2D eigenvalue weighted by atomic mass is 16.5. The average Bonchev–Trinajstić information content (AvgIpc) is 2.66. The Hall–Kier alpha value is -0.0800. The predicted octanol–water partition coefficient (Wildman–Crippen LogP) is 2.44. The fourth-order valence-corrected chi connectivity index (χ4v) is 2.42. The Kier molecular flexibility index (Phi) is 5.49. The van der Waals surface area contributed by atoms with Gasteiger partial charge in [-0.15, -0.1) is 0 Å². The van der Waals surface area contributed by atoms with Gasteiger partial charge in [0.15, 0.2) is 0 Å². The quantitative estimate of drug-likeness (QED) is 0.709. The van der Waals surface area contributed by atoms with E-state index in [0.717, 1.165) is 25.0 Å². The van der Waals surface area contributed by atoms with Crippen LogP contribution >= 0.6 is 0 Å². The largest absolute Gasteiger partial charge is 0.381 e. The van der Waals surface area contributed by atoms with Gasteiger partial charge in [0, 0.05) is 19.3 Å². The van der Waals surface area contributed by atoms with Crippen LogP contribution in [-0.4, -0.2) is 26.3 Å². The molecular weight excluding hydrogens is 174 g/mol. The number of nitrogens with one attached hydrogen (secondary N) is 1. The van der Waals surface area contributed by atoms with E-state index in [2.05, 4.69) is 26.2 Å². The Morgan fingerprint density at radius 2 is 2.29 bits per heavy atom. The fraction of sp³-hybridized carbons (Fsp3) is 1.00. The molecular formula is C12H25NO. The van der Waals surface area contributed by atoms with Crippen molar-refractivity contribution < 1.29 is 4.74 Å². The van der Waals surface area contributed by atoms with Crippen molar-refractivity contribution in [2.45, 2.75) is 45.6 Å². The molecule has 0 aromatic carbocycles. The van der Waals surface area contributed by atoms with Crippen LogP contribution < -0.4 is 5.32 Å². The van der Waals surface area contributed by atoms with Crippen LogP contribution in [-0.2, 0) is 4.74 Å². The summed E-state index contributed by atoms with van der Waals surface area (Å²) < 4.78 is 5.41. The highest BCUT2D eigenvalue weighted by Gasteiger charge is 2.22. The van der Waals surface area contributed by atoms with Crippen LogP contribution in [0.4, 0.5) is 0 Å². The van der Waals surface area contributed by atoms with Gasteiger partial charge in [0.25, 0.3) is 0 Å². The topological polar surface area (TPSA) is 21.3 Å². The molecule has 1 rings (SSSR count). The van der Waals surface area contributed by atoms with Gasteiger partial charge in [0.2, 0.25) is 0 Å². The third kappa shape index (κ3) is 3.58. The summed E-state index contributed by atoms with van der Waals surface area (Å²) in [5.41, 5.74) is 0. The minimum Gasteiger partial charge on any atom is -0.381 e. The zero-order valence-electron chi connectivity index (χ0n) is 9.88. The molecule has 1 aliphatic heterocycles. The van der Waals surface area contributed by atoms with Gasteiger partial charge in [-0.25, -0.2) is 0 Å². The van der Waals surface area contributed by atoms with Crippen LogP contribution in [0.15, 0.2) is 0 Å². The Morgan fingerprint density at radius 1 is 1.50 bits per heavy atom. The summed E-state index contributed by atoms with van der Waals surface area (Å²) >= 11 is 0. The van der Waals surface area contributed by atoms with E-state index in [4.69, 9.17) is 4.74 Å². The van der Waals surface area contributed by atoms with E-state index in [9.17, 15) is 0 Å². The first-order valence-electron chi connectivity index (χ1n) is 6.03. The number of hydrogen-bond acceptors (Lipinski definition) is 2. The second-order valence-corrected chi connectivity index (χ2v) is 4.63. The first-order valence-corrected chi connectivity index (χ1v) is 6.03. The molecule has 0 saturated carbocycles. The highest BCUT2D eigenvalue weighted by molar-refractivity contribution is 4.77. The molecule has 3 unspecified atom stereocenters. The predicted molar refractivity (Wildman–Crippen MR) is 60.5 cm³/mol. The third-order valence-corrected chi connectivity index (χ3v) is 3.41. The molecule has 0 amide bonds. The van der Waals surface area contributed by atoms with Gasteiger partial charge >= 0.3 is 0 Å². The Bertz CT molecular complexity index is 143. The van der Waals surface area contributed by atoms with Crippen LogP contribution in [0.3, 0.4) is 0 Å². The van der Waals surface area contributed by atoms with Gasteiger partial charge in [0.1, 0.15) is 0 Å². The van der Waals surface area contributed by atoms with Crippen molar-refractivity contribution in [3.05, 3.63) is 0 Å². The van der Waals surface area contributed by atoms with Crippen LogP contribution in [0.25, 0.3) is 0 Å². The molecule has 1 N–H and O–H groups in total. The van der Waals surface area contributed by atoms with Crippen LogP contribution in [0.1, 0.15) is 39.5 Å². The van der Waals surface area contributed by atoms with Crippen molar-refractivity contribution in [3.8, 4) is 0 Å². The van der Waals surface area contributed by atoms with Crippen molar-refractivity contribution in [1.82, 2.24) is 5.32 Å². The SMILES string of the molecule is CCCC(C)C(CC1CCOC1)NC. The lowest BCUT2D eigenvalue weighted by Gasteiger charge is -2.25. The van der Waals surface area contributed by atoms with Gasteiger partial charge in [-0.2, -0.15) is 0 Å². The molecule has 3 atom stereocenters. The highest BCUT2D eigenvalue weighted by Crippen LogP contribution is 2.23. The second-order valence-electron chi connectivity index (χ2n) is 4.63. The fourth-order valence-electron chi connectivity index (χ4n) is 2.42. The summed E-state index contributed by atoms with van der Waals surface area (Å²) in [5.74, 6) is 1.59. The van der Waals surface area contributed by atoms with E-state index in [1.807, 2.05) is 0 Å². The molecule has 0 aromatic rings. The molecule has 0 aliphatic carbocycles.